The number of anilines is 1. The van der Waals surface area contributed by atoms with Crippen LogP contribution in [0.15, 0.2) is 53.4 Å². The van der Waals surface area contributed by atoms with Gasteiger partial charge in [0.05, 0.1) is 10.6 Å². The highest BCUT2D eigenvalue weighted by atomic mass is 32.2. The van der Waals surface area contributed by atoms with E-state index >= 15 is 0 Å². The molecule has 3 rings (SSSR count). The average molecular weight is 331 g/mol. The second-order valence-electron chi connectivity index (χ2n) is 6.03. The van der Waals surface area contributed by atoms with Crippen molar-refractivity contribution in [2.45, 2.75) is 42.9 Å². The molecule has 2 N–H and O–H groups in total. The Labute approximate surface area is 137 Å². The molecule has 1 saturated carbocycles. The van der Waals surface area contributed by atoms with Crippen LogP contribution in [0.4, 0.5) is 5.69 Å². The SMILES string of the molecule is O=S(=O)(Nc1ccccc1O)c1ccc(C2CCCCC2)cc1. The van der Waals surface area contributed by atoms with E-state index in [2.05, 4.69) is 4.72 Å². The molecular formula is C18H21NO3S. The van der Waals surface area contributed by atoms with Gasteiger partial charge in [-0.3, -0.25) is 4.72 Å². The number of phenols is 1. The molecule has 1 aliphatic carbocycles. The van der Waals surface area contributed by atoms with E-state index in [0.29, 0.717) is 5.92 Å². The molecule has 0 aliphatic heterocycles. The van der Waals surface area contributed by atoms with Crippen molar-refractivity contribution in [2.75, 3.05) is 4.72 Å². The minimum atomic E-state index is -3.69. The Morgan fingerprint density at radius 1 is 0.913 bits per heavy atom. The van der Waals surface area contributed by atoms with Crippen molar-refractivity contribution < 1.29 is 13.5 Å². The third kappa shape index (κ3) is 3.67. The van der Waals surface area contributed by atoms with Gasteiger partial charge >= 0.3 is 0 Å². The third-order valence-corrected chi connectivity index (χ3v) is 5.80. The summed E-state index contributed by atoms with van der Waals surface area (Å²) in [4.78, 5) is 0.209. The second-order valence-corrected chi connectivity index (χ2v) is 7.71. The second kappa shape index (κ2) is 6.62. The van der Waals surface area contributed by atoms with Crippen LogP contribution in [0.25, 0.3) is 0 Å². The molecule has 0 heterocycles. The van der Waals surface area contributed by atoms with Crippen molar-refractivity contribution >= 4 is 15.7 Å². The predicted molar refractivity (Wildman–Crippen MR) is 91.2 cm³/mol. The lowest BCUT2D eigenvalue weighted by Crippen LogP contribution is -2.13. The van der Waals surface area contributed by atoms with E-state index in [9.17, 15) is 13.5 Å². The summed E-state index contributed by atoms with van der Waals surface area (Å²) in [5, 5.41) is 9.71. The van der Waals surface area contributed by atoms with Gasteiger partial charge in [-0.1, -0.05) is 43.5 Å². The zero-order chi connectivity index (χ0) is 16.3. The number of sulfonamides is 1. The molecular weight excluding hydrogens is 310 g/mol. The Balaban J connectivity index is 1.79. The smallest absolute Gasteiger partial charge is 0.262 e. The number of hydrogen-bond acceptors (Lipinski definition) is 3. The van der Waals surface area contributed by atoms with Crippen molar-refractivity contribution in [1.82, 2.24) is 0 Å². The number of phenolic OH excluding ortho intramolecular Hbond substituents is 1. The molecule has 0 aromatic heterocycles. The van der Waals surface area contributed by atoms with Gasteiger partial charge in [-0.05, 0) is 48.6 Å². The van der Waals surface area contributed by atoms with E-state index in [1.165, 1.54) is 49.8 Å². The number of para-hydroxylation sites is 2. The van der Waals surface area contributed by atoms with Gasteiger partial charge in [0.1, 0.15) is 5.75 Å². The third-order valence-electron chi connectivity index (χ3n) is 4.42. The summed E-state index contributed by atoms with van der Waals surface area (Å²) >= 11 is 0. The first-order valence-electron chi connectivity index (χ1n) is 7.97. The maximum absolute atomic E-state index is 12.4. The van der Waals surface area contributed by atoms with Crippen LogP contribution in [-0.4, -0.2) is 13.5 Å². The number of rotatable bonds is 4. The summed E-state index contributed by atoms with van der Waals surface area (Å²) in [6.07, 6.45) is 6.16. The summed E-state index contributed by atoms with van der Waals surface area (Å²) in [7, 11) is -3.69. The monoisotopic (exact) mass is 331 g/mol. The summed E-state index contributed by atoms with van der Waals surface area (Å²) < 4.78 is 27.3. The van der Waals surface area contributed by atoms with Crippen LogP contribution in [0.3, 0.4) is 0 Å². The molecule has 0 radical (unpaired) electrons. The van der Waals surface area contributed by atoms with E-state index in [-0.39, 0.29) is 16.3 Å². The lowest BCUT2D eigenvalue weighted by Gasteiger charge is -2.22. The molecule has 0 saturated heterocycles. The highest BCUT2D eigenvalue weighted by molar-refractivity contribution is 7.92. The number of nitrogens with one attached hydrogen (secondary N) is 1. The van der Waals surface area contributed by atoms with Gasteiger partial charge in [0.15, 0.2) is 0 Å². The number of aromatic hydroxyl groups is 1. The predicted octanol–water partition coefficient (Wildman–Crippen LogP) is 4.24. The molecule has 4 nitrogen and oxygen atoms in total. The van der Waals surface area contributed by atoms with Crippen molar-refractivity contribution in [3.8, 4) is 5.75 Å². The zero-order valence-corrected chi connectivity index (χ0v) is 13.7. The first kappa shape index (κ1) is 15.9. The number of hydrogen-bond donors (Lipinski definition) is 2. The van der Waals surface area contributed by atoms with Gasteiger partial charge in [-0.15, -0.1) is 0 Å². The summed E-state index contributed by atoms with van der Waals surface area (Å²) in [5.41, 5.74) is 1.40. The molecule has 0 amide bonds. The molecule has 23 heavy (non-hydrogen) atoms. The molecule has 2 aromatic carbocycles. The van der Waals surface area contributed by atoms with E-state index in [1.54, 1.807) is 24.3 Å². The lowest BCUT2D eigenvalue weighted by atomic mass is 9.84. The molecule has 2 aromatic rings. The number of benzene rings is 2. The van der Waals surface area contributed by atoms with Crippen molar-refractivity contribution in [1.29, 1.82) is 0 Å². The van der Waals surface area contributed by atoms with Crippen LogP contribution < -0.4 is 4.72 Å². The van der Waals surface area contributed by atoms with Crippen LogP contribution >= 0.6 is 0 Å². The van der Waals surface area contributed by atoms with E-state index < -0.39 is 10.0 Å². The topological polar surface area (TPSA) is 66.4 Å². The summed E-state index contributed by atoms with van der Waals surface area (Å²) in [6, 6.07) is 13.4. The lowest BCUT2D eigenvalue weighted by molar-refractivity contribution is 0.443. The fourth-order valence-electron chi connectivity index (χ4n) is 3.12. The molecule has 122 valence electrons. The van der Waals surface area contributed by atoms with Crippen LogP contribution in [0, 0.1) is 0 Å². The molecule has 1 fully saturated rings. The Kier molecular flexibility index (Phi) is 4.57. The highest BCUT2D eigenvalue weighted by Gasteiger charge is 2.18. The van der Waals surface area contributed by atoms with Gasteiger partial charge in [-0.25, -0.2) is 8.42 Å². The van der Waals surface area contributed by atoms with Crippen LogP contribution in [0.2, 0.25) is 0 Å². The minimum absolute atomic E-state index is 0.0881. The first-order chi connectivity index (χ1) is 11.1. The molecule has 5 heteroatoms. The Bertz CT molecular complexity index is 763. The fraction of sp³-hybridized carbons (Fsp3) is 0.333. The molecule has 0 unspecified atom stereocenters. The Morgan fingerprint density at radius 2 is 1.57 bits per heavy atom. The fourth-order valence-corrected chi connectivity index (χ4v) is 4.19. The van der Waals surface area contributed by atoms with E-state index in [0.717, 1.165) is 0 Å². The highest BCUT2D eigenvalue weighted by Crippen LogP contribution is 2.33. The molecule has 0 atom stereocenters. The van der Waals surface area contributed by atoms with Crippen molar-refractivity contribution in [2.24, 2.45) is 0 Å². The Hall–Kier alpha value is -2.01. The van der Waals surface area contributed by atoms with Gasteiger partial charge in [0.2, 0.25) is 0 Å². The Morgan fingerprint density at radius 3 is 2.22 bits per heavy atom. The van der Waals surface area contributed by atoms with Crippen LogP contribution in [-0.2, 0) is 10.0 Å². The largest absolute Gasteiger partial charge is 0.506 e. The maximum atomic E-state index is 12.4. The van der Waals surface area contributed by atoms with E-state index in [1.807, 2.05) is 12.1 Å². The van der Waals surface area contributed by atoms with Crippen molar-refractivity contribution in [3.63, 3.8) is 0 Å². The van der Waals surface area contributed by atoms with E-state index in [4.69, 9.17) is 0 Å². The standard InChI is InChI=1S/C18H21NO3S/c20-18-9-5-4-8-17(18)19-23(21,22)16-12-10-15(11-13-16)14-6-2-1-3-7-14/h4-5,8-14,19-20H,1-3,6-7H2. The summed E-state index contributed by atoms with van der Waals surface area (Å²) in [6.45, 7) is 0. The van der Waals surface area contributed by atoms with Crippen LogP contribution in [0.5, 0.6) is 5.75 Å². The maximum Gasteiger partial charge on any atom is 0.262 e. The molecule has 0 bridgehead atoms. The molecule has 0 spiro atoms. The van der Waals surface area contributed by atoms with Crippen LogP contribution in [0.1, 0.15) is 43.6 Å². The van der Waals surface area contributed by atoms with Gasteiger partial charge in [0, 0.05) is 0 Å². The zero-order valence-electron chi connectivity index (χ0n) is 12.9. The molecule has 1 aliphatic rings. The van der Waals surface area contributed by atoms with Gasteiger partial charge < -0.3 is 5.11 Å². The first-order valence-corrected chi connectivity index (χ1v) is 9.45. The summed E-state index contributed by atoms with van der Waals surface area (Å²) in [5.74, 6) is 0.460. The van der Waals surface area contributed by atoms with Gasteiger partial charge in [-0.2, -0.15) is 0 Å². The van der Waals surface area contributed by atoms with Gasteiger partial charge in [0.25, 0.3) is 10.0 Å². The quantitative estimate of drug-likeness (QED) is 0.824. The normalized spacial score (nSPS) is 16.2. The average Bonchev–Trinajstić information content (AvgIpc) is 2.58. The van der Waals surface area contributed by atoms with Crippen molar-refractivity contribution in [3.05, 3.63) is 54.1 Å². The minimum Gasteiger partial charge on any atom is -0.506 e.